The Kier molecular flexibility index (Phi) is 3.51. The minimum Gasteiger partial charge on any atom is -0.486 e. The van der Waals surface area contributed by atoms with Crippen LogP contribution in [-0.2, 0) is 4.79 Å². The average molecular weight is 287 g/mol. The Morgan fingerprint density at radius 2 is 2.00 bits per heavy atom. The van der Waals surface area contributed by atoms with Gasteiger partial charge in [0.15, 0.2) is 11.5 Å². The maximum Gasteiger partial charge on any atom is 0.241 e. The van der Waals surface area contributed by atoms with Gasteiger partial charge in [-0.1, -0.05) is 0 Å². The van der Waals surface area contributed by atoms with Gasteiger partial charge in [-0.25, -0.2) is 4.98 Å². The third-order valence-electron chi connectivity index (χ3n) is 3.42. The van der Waals surface area contributed by atoms with E-state index < -0.39 is 0 Å². The van der Waals surface area contributed by atoms with E-state index in [0.29, 0.717) is 24.8 Å². The van der Waals surface area contributed by atoms with Gasteiger partial charge >= 0.3 is 0 Å². The second-order valence-electron chi connectivity index (χ2n) is 4.86. The molecule has 2 heterocycles. The van der Waals surface area contributed by atoms with Crippen molar-refractivity contribution in [1.29, 1.82) is 0 Å². The molecular weight excluding hydrogens is 270 g/mol. The van der Waals surface area contributed by atoms with Crippen LogP contribution >= 0.6 is 0 Å². The number of aromatic nitrogens is 1. The summed E-state index contributed by atoms with van der Waals surface area (Å²) in [6.07, 6.45) is 1.71. The van der Waals surface area contributed by atoms with E-state index in [1.54, 1.807) is 20.2 Å². The molecule has 1 unspecified atom stereocenters. The SMILES string of the molecule is CNC(=O)C(C)Nc1nccc2cc3c(cc12)OCCO3. The highest BCUT2D eigenvalue weighted by atomic mass is 16.6. The summed E-state index contributed by atoms with van der Waals surface area (Å²) in [7, 11) is 1.61. The molecule has 0 spiro atoms. The Morgan fingerprint density at radius 3 is 2.71 bits per heavy atom. The number of anilines is 1. The number of likely N-dealkylation sites (N-methyl/N-ethyl adjacent to an activating group) is 1. The maximum absolute atomic E-state index is 11.6. The van der Waals surface area contributed by atoms with Crippen LogP contribution in [0.25, 0.3) is 10.8 Å². The number of pyridine rings is 1. The van der Waals surface area contributed by atoms with Crippen molar-refractivity contribution < 1.29 is 14.3 Å². The van der Waals surface area contributed by atoms with Crippen LogP contribution in [0, 0.1) is 0 Å². The molecule has 2 N–H and O–H groups in total. The highest BCUT2D eigenvalue weighted by Gasteiger charge is 2.17. The Morgan fingerprint density at radius 1 is 1.29 bits per heavy atom. The average Bonchev–Trinajstić information content (AvgIpc) is 2.52. The Labute approximate surface area is 122 Å². The van der Waals surface area contributed by atoms with Gasteiger partial charge < -0.3 is 20.1 Å². The summed E-state index contributed by atoms with van der Waals surface area (Å²) in [6, 6.07) is 5.36. The molecule has 1 aromatic carbocycles. The van der Waals surface area contributed by atoms with Gasteiger partial charge in [0.25, 0.3) is 0 Å². The van der Waals surface area contributed by atoms with Crippen LogP contribution in [0.1, 0.15) is 6.92 Å². The van der Waals surface area contributed by atoms with Gasteiger partial charge in [0.1, 0.15) is 25.1 Å². The van der Waals surface area contributed by atoms with E-state index in [0.717, 1.165) is 16.5 Å². The number of hydrogen-bond donors (Lipinski definition) is 2. The highest BCUT2D eigenvalue weighted by Crippen LogP contribution is 2.36. The van der Waals surface area contributed by atoms with Crippen molar-refractivity contribution in [2.24, 2.45) is 0 Å². The molecule has 3 rings (SSSR count). The van der Waals surface area contributed by atoms with Crippen molar-refractivity contribution in [3.8, 4) is 11.5 Å². The summed E-state index contributed by atoms with van der Waals surface area (Å²) < 4.78 is 11.2. The molecule has 1 aliphatic rings. The first kappa shape index (κ1) is 13.5. The monoisotopic (exact) mass is 287 g/mol. The molecule has 0 radical (unpaired) electrons. The number of benzene rings is 1. The minimum atomic E-state index is -0.374. The van der Waals surface area contributed by atoms with E-state index in [-0.39, 0.29) is 11.9 Å². The van der Waals surface area contributed by atoms with Crippen LogP contribution in [0.2, 0.25) is 0 Å². The van der Waals surface area contributed by atoms with Crippen LogP contribution in [-0.4, -0.2) is 37.2 Å². The fourth-order valence-electron chi connectivity index (χ4n) is 2.31. The van der Waals surface area contributed by atoms with E-state index in [1.807, 2.05) is 18.2 Å². The molecule has 2 aromatic rings. The predicted octanol–water partition coefficient (Wildman–Crippen LogP) is 1.55. The summed E-state index contributed by atoms with van der Waals surface area (Å²) in [5.41, 5.74) is 0. The van der Waals surface area contributed by atoms with Crippen molar-refractivity contribution in [1.82, 2.24) is 10.3 Å². The fraction of sp³-hybridized carbons (Fsp3) is 0.333. The molecule has 21 heavy (non-hydrogen) atoms. The first-order valence-corrected chi connectivity index (χ1v) is 6.85. The summed E-state index contributed by atoms with van der Waals surface area (Å²) in [6.45, 7) is 2.88. The van der Waals surface area contributed by atoms with Crippen molar-refractivity contribution in [3.05, 3.63) is 24.4 Å². The molecule has 1 aromatic heterocycles. The van der Waals surface area contributed by atoms with Gasteiger partial charge in [0, 0.05) is 18.6 Å². The molecule has 1 atom stereocenters. The molecule has 0 saturated carbocycles. The zero-order valence-corrected chi connectivity index (χ0v) is 12.0. The molecule has 0 aliphatic carbocycles. The topological polar surface area (TPSA) is 72.5 Å². The largest absolute Gasteiger partial charge is 0.486 e. The molecule has 0 bridgehead atoms. The number of amides is 1. The number of carbonyl (C=O) groups is 1. The lowest BCUT2D eigenvalue weighted by Crippen LogP contribution is -2.35. The second-order valence-corrected chi connectivity index (χ2v) is 4.86. The predicted molar refractivity (Wildman–Crippen MR) is 79.9 cm³/mol. The molecule has 0 fully saturated rings. The van der Waals surface area contributed by atoms with Gasteiger partial charge in [-0.05, 0) is 30.5 Å². The lowest BCUT2D eigenvalue weighted by Gasteiger charge is -2.20. The van der Waals surface area contributed by atoms with Crippen LogP contribution in [0.15, 0.2) is 24.4 Å². The number of carbonyl (C=O) groups excluding carboxylic acids is 1. The van der Waals surface area contributed by atoms with Crippen molar-refractivity contribution >= 4 is 22.5 Å². The smallest absolute Gasteiger partial charge is 0.241 e. The number of ether oxygens (including phenoxy) is 2. The summed E-state index contributed by atoms with van der Waals surface area (Å²) in [5.74, 6) is 2.01. The summed E-state index contributed by atoms with van der Waals surface area (Å²) in [5, 5.41) is 7.62. The first-order chi connectivity index (χ1) is 10.2. The molecule has 1 amide bonds. The van der Waals surface area contributed by atoms with Crippen molar-refractivity contribution in [2.75, 3.05) is 25.6 Å². The van der Waals surface area contributed by atoms with E-state index in [2.05, 4.69) is 15.6 Å². The van der Waals surface area contributed by atoms with Gasteiger partial charge in [0.2, 0.25) is 5.91 Å². The quantitative estimate of drug-likeness (QED) is 0.896. The molecular formula is C15H17N3O3. The first-order valence-electron chi connectivity index (χ1n) is 6.85. The number of nitrogens with one attached hydrogen (secondary N) is 2. The van der Waals surface area contributed by atoms with E-state index >= 15 is 0 Å². The number of hydrogen-bond acceptors (Lipinski definition) is 5. The Bertz CT molecular complexity index is 687. The lowest BCUT2D eigenvalue weighted by molar-refractivity contribution is -0.121. The third kappa shape index (κ3) is 2.56. The number of fused-ring (bicyclic) bond motifs is 2. The minimum absolute atomic E-state index is 0.0913. The van der Waals surface area contributed by atoms with E-state index in [1.165, 1.54) is 0 Å². The normalized spacial score (nSPS) is 14.6. The van der Waals surface area contributed by atoms with Gasteiger partial charge in [-0.15, -0.1) is 0 Å². The van der Waals surface area contributed by atoms with Gasteiger partial charge in [0.05, 0.1) is 0 Å². The van der Waals surface area contributed by atoms with Crippen LogP contribution < -0.4 is 20.1 Å². The fourth-order valence-corrected chi connectivity index (χ4v) is 2.31. The van der Waals surface area contributed by atoms with Gasteiger partial charge in [-0.3, -0.25) is 4.79 Å². The standard InChI is InChI=1S/C15H17N3O3/c1-9(15(19)16-2)18-14-11-8-13-12(20-5-6-21-13)7-10(11)3-4-17-14/h3-4,7-9H,5-6H2,1-2H3,(H,16,19)(H,17,18). The van der Waals surface area contributed by atoms with E-state index in [4.69, 9.17) is 9.47 Å². The third-order valence-corrected chi connectivity index (χ3v) is 3.42. The second kappa shape index (κ2) is 5.47. The summed E-state index contributed by atoms with van der Waals surface area (Å²) in [4.78, 5) is 16.0. The summed E-state index contributed by atoms with van der Waals surface area (Å²) >= 11 is 0. The molecule has 1 aliphatic heterocycles. The number of rotatable bonds is 3. The molecule has 6 heteroatoms. The Hall–Kier alpha value is -2.50. The van der Waals surface area contributed by atoms with Crippen LogP contribution in [0.5, 0.6) is 11.5 Å². The van der Waals surface area contributed by atoms with Gasteiger partial charge in [-0.2, -0.15) is 0 Å². The van der Waals surface area contributed by atoms with Crippen molar-refractivity contribution in [2.45, 2.75) is 13.0 Å². The Balaban J connectivity index is 2.01. The zero-order valence-electron chi connectivity index (χ0n) is 12.0. The lowest BCUT2D eigenvalue weighted by atomic mass is 10.1. The highest BCUT2D eigenvalue weighted by molar-refractivity contribution is 5.96. The van der Waals surface area contributed by atoms with Crippen LogP contribution in [0.4, 0.5) is 5.82 Å². The molecule has 0 saturated heterocycles. The molecule has 110 valence electrons. The maximum atomic E-state index is 11.6. The number of nitrogens with zero attached hydrogens (tertiary/aromatic N) is 1. The molecule has 6 nitrogen and oxygen atoms in total. The van der Waals surface area contributed by atoms with Crippen molar-refractivity contribution in [3.63, 3.8) is 0 Å². The van der Waals surface area contributed by atoms with E-state index in [9.17, 15) is 4.79 Å². The van der Waals surface area contributed by atoms with Crippen LogP contribution in [0.3, 0.4) is 0 Å². The zero-order chi connectivity index (χ0) is 14.8.